The van der Waals surface area contributed by atoms with Crippen LogP contribution in [0.4, 0.5) is 0 Å². The van der Waals surface area contributed by atoms with Crippen molar-refractivity contribution in [2.45, 2.75) is 12.7 Å². The number of carbonyl (C=O) groups excluding carboxylic acids is 1. The quantitative estimate of drug-likeness (QED) is 0.752. The summed E-state index contributed by atoms with van der Waals surface area (Å²) in [5, 5.41) is 9.79. The summed E-state index contributed by atoms with van der Waals surface area (Å²) in [6.45, 7) is 1.68. The number of carboxylic acids is 1. The van der Waals surface area contributed by atoms with Crippen molar-refractivity contribution < 1.29 is 27.9 Å². The van der Waals surface area contributed by atoms with Crippen molar-refractivity contribution >= 4 is 33.1 Å². The Morgan fingerprint density at radius 2 is 2.17 bits per heavy atom. The molecular weight excluding hydrogens is 282 g/mol. The average Bonchev–Trinajstić information content (AvgIpc) is 2.64. The largest absolute Gasteiger partial charge is 0.476 e. The maximum Gasteiger partial charge on any atom is 0.365 e. The number of aromatic nitrogens is 1. The van der Waals surface area contributed by atoms with Crippen LogP contribution >= 0.6 is 11.3 Å². The van der Waals surface area contributed by atoms with Crippen molar-refractivity contribution in [2.75, 3.05) is 12.4 Å². The number of ether oxygens (including phenoxy) is 1. The molecule has 0 aromatic carbocycles. The summed E-state index contributed by atoms with van der Waals surface area (Å²) >= 11 is 0.836. The van der Waals surface area contributed by atoms with Gasteiger partial charge in [-0.25, -0.2) is 18.2 Å². The average molecular weight is 293 g/mol. The van der Waals surface area contributed by atoms with Crippen molar-refractivity contribution in [3.05, 3.63) is 16.1 Å². The lowest BCUT2D eigenvalue weighted by Gasteiger charge is -2.02. The van der Waals surface area contributed by atoms with Crippen molar-refractivity contribution in [1.82, 2.24) is 4.98 Å². The molecule has 0 aliphatic carbocycles. The van der Waals surface area contributed by atoms with Crippen LogP contribution in [0.25, 0.3) is 0 Å². The molecule has 1 rings (SSSR count). The van der Waals surface area contributed by atoms with E-state index in [1.807, 2.05) is 0 Å². The van der Waals surface area contributed by atoms with Gasteiger partial charge in [0.25, 0.3) is 0 Å². The fraction of sp³-hybridized carbons (Fsp3) is 0.444. The molecule has 0 atom stereocenters. The second-order valence-corrected chi connectivity index (χ2v) is 6.21. The summed E-state index contributed by atoms with van der Waals surface area (Å²) in [4.78, 5) is 25.3. The Morgan fingerprint density at radius 1 is 1.50 bits per heavy atom. The van der Waals surface area contributed by atoms with Gasteiger partial charge in [0.2, 0.25) is 5.01 Å². The number of aromatic carboxylic acids is 1. The molecule has 1 aromatic heterocycles. The van der Waals surface area contributed by atoms with Crippen LogP contribution in [0, 0.1) is 0 Å². The van der Waals surface area contributed by atoms with Crippen LogP contribution < -0.4 is 0 Å². The van der Waals surface area contributed by atoms with Gasteiger partial charge in [0, 0.05) is 5.38 Å². The summed E-state index contributed by atoms with van der Waals surface area (Å²) < 4.78 is 27.7. The molecule has 0 amide bonds. The Hall–Kier alpha value is -1.48. The van der Waals surface area contributed by atoms with Crippen LogP contribution in [0.5, 0.6) is 0 Å². The van der Waals surface area contributed by atoms with Crippen LogP contribution in [0.15, 0.2) is 5.38 Å². The molecule has 0 saturated heterocycles. The number of carbonyl (C=O) groups is 2. The van der Waals surface area contributed by atoms with E-state index in [2.05, 4.69) is 9.72 Å². The van der Waals surface area contributed by atoms with Gasteiger partial charge in [-0.2, -0.15) is 0 Å². The first kappa shape index (κ1) is 14.6. The highest BCUT2D eigenvalue weighted by Gasteiger charge is 2.20. The summed E-state index contributed by atoms with van der Waals surface area (Å²) in [6.07, 6.45) is 0. The number of sulfone groups is 1. The maximum atomic E-state index is 11.6. The predicted molar refractivity (Wildman–Crippen MR) is 63.2 cm³/mol. The van der Waals surface area contributed by atoms with Crippen molar-refractivity contribution in [2.24, 2.45) is 0 Å². The molecule has 0 bridgehead atoms. The van der Waals surface area contributed by atoms with Crippen molar-refractivity contribution in [3.8, 4) is 0 Å². The molecule has 0 saturated carbocycles. The molecule has 9 heteroatoms. The number of hydrogen-bond donors (Lipinski definition) is 1. The molecule has 0 unspecified atom stereocenters. The molecular formula is C9H11NO6S2. The Bertz CT molecular complexity index is 547. The number of thiazole rings is 1. The highest BCUT2D eigenvalue weighted by molar-refractivity contribution is 7.91. The lowest BCUT2D eigenvalue weighted by molar-refractivity contribution is -0.139. The first-order valence-electron chi connectivity index (χ1n) is 4.88. The van der Waals surface area contributed by atoms with Gasteiger partial charge in [0.05, 0.1) is 18.1 Å². The molecule has 0 aliphatic rings. The van der Waals surface area contributed by atoms with Crippen molar-refractivity contribution in [3.63, 3.8) is 0 Å². The molecule has 1 heterocycles. The third-order valence-corrected chi connectivity index (χ3v) is 4.04. The lowest BCUT2D eigenvalue weighted by Crippen LogP contribution is -2.20. The van der Waals surface area contributed by atoms with E-state index in [0.717, 1.165) is 11.3 Å². The van der Waals surface area contributed by atoms with E-state index in [4.69, 9.17) is 5.11 Å². The van der Waals surface area contributed by atoms with E-state index in [9.17, 15) is 18.0 Å². The predicted octanol–water partition coefficient (Wildman–Crippen LogP) is 0.319. The van der Waals surface area contributed by atoms with E-state index in [0.29, 0.717) is 0 Å². The van der Waals surface area contributed by atoms with E-state index in [1.54, 1.807) is 6.92 Å². The molecule has 100 valence electrons. The Labute approximate surface area is 107 Å². The van der Waals surface area contributed by atoms with Crippen molar-refractivity contribution in [1.29, 1.82) is 0 Å². The monoisotopic (exact) mass is 293 g/mol. The second kappa shape index (κ2) is 5.91. The maximum absolute atomic E-state index is 11.6. The Balaban J connectivity index is 2.70. The summed E-state index contributed by atoms with van der Waals surface area (Å²) in [5.74, 6) is -3.25. The zero-order valence-electron chi connectivity index (χ0n) is 9.45. The van der Waals surface area contributed by atoms with Gasteiger partial charge in [-0.15, -0.1) is 11.3 Å². The topological polar surface area (TPSA) is 111 Å². The molecule has 1 aromatic rings. The molecule has 18 heavy (non-hydrogen) atoms. The SMILES string of the molecule is CCOC(=O)CS(=O)(=O)Cc1csc(C(=O)O)n1. The van der Waals surface area contributed by atoms with E-state index >= 15 is 0 Å². The van der Waals surface area contributed by atoms with Gasteiger partial charge in [0.1, 0.15) is 5.75 Å². The molecule has 1 N–H and O–H groups in total. The van der Waals surface area contributed by atoms with Crippen LogP contribution in [0.3, 0.4) is 0 Å². The Kier molecular flexibility index (Phi) is 4.79. The van der Waals surface area contributed by atoms with Gasteiger partial charge >= 0.3 is 11.9 Å². The molecule has 0 radical (unpaired) electrons. The Morgan fingerprint density at radius 3 is 2.67 bits per heavy atom. The van der Waals surface area contributed by atoms with E-state index < -0.39 is 33.3 Å². The van der Waals surface area contributed by atoms with Gasteiger partial charge in [0.15, 0.2) is 9.84 Å². The molecule has 7 nitrogen and oxygen atoms in total. The fourth-order valence-corrected chi connectivity index (χ4v) is 3.03. The zero-order chi connectivity index (χ0) is 13.8. The first-order chi connectivity index (χ1) is 8.34. The van der Waals surface area contributed by atoms with Gasteiger partial charge in [-0.3, -0.25) is 4.79 Å². The number of rotatable bonds is 6. The highest BCUT2D eigenvalue weighted by Crippen LogP contribution is 2.13. The minimum Gasteiger partial charge on any atom is -0.476 e. The number of carboxylic acid groups (broad SMARTS) is 1. The van der Waals surface area contributed by atoms with Crippen LogP contribution in [-0.4, -0.2) is 42.8 Å². The second-order valence-electron chi connectivity index (χ2n) is 3.29. The number of hydrogen-bond acceptors (Lipinski definition) is 7. The van der Waals surface area contributed by atoms with Gasteiger partial charge in [-0.05, 0) is 6.92 Å². The standard InChI is InChI=1S/C9H11NO6S2/c1-2-16-7(11)5-18(14,15)4-6-3-17-8(10-6)9(12)13/h3H,2,4-5H2,1H3,(H,12,13). The molecule has 0 spiro atoms. The van der Waals surface area contributed by atoms with E-state index in [-0.39, 0.29) is 17.3 Å². The number of nitrogens with zero attached hydrogens (tertiary/aromatic N) is 1. The van der Waals surface area contributed by atoms with Crippen LogP contribution in [0.2, 0.25) is 0 Å². The number of esters is 1. The molecule has 0 fully saturated rings. The zero-order valence-corrected chi connectivity index (χ0v) is 11.1. The fourth-order valence-electron chi connectivity index (χ4n) is 1.13. The van der Waals surface area contributed by atoms with Gasteiger partial charge in [-0.1, -0.05) is 0 Å². The van der Waals surface area contributed by atoms with Crippen LogP contribution in [0.1, 0.15) is 22.4 Å². The minimum absolute atomic E-state index is 0.105. The normalized spacial score (nSPS) is 11.2. The summed E-state index contributed by atoms with van der Waals surface area (Å²) in [6, 6.07) is 0. The minimum atomic E-state index is -3.69. The van der Waals surface area contributed by atoms with Crippen LogP contribution in [-0.2, 0) is 25.1 Å². The highest BCUT2D eigenvalue weighted by atomic mass is 32.2. The molecule has 0 aliphatic heterocycles. The third-order valence-electron chi connectivity index (χ3n) is 1.75. The smallest absolute Gasteiger partial charge is 0.365 e. The first-order valence-corrected chi connectivity index (χ1v) is 7.58. The lowest BCUT2D eigenvalue weighted by atomic mass is 10.6. The summed E-state index contributed by atoms with van der Waals surface area (Å²) in [5.41, 5.74) is 0.113. The third kappa shape index (κ3) is 4.41. The van der Waals surface area contributed by atoms with Gasteiger partial charge < -0.3 is 9.84 Å². The van der Waals surface area contributed by atoms with E-state index in [1.165, 1.54) is 5.38 Å². The summed E-state index contributed by atoms with van der Waals surface area (Å²) in [7, 11) is -3.69.